The van der Waals surface area contributed by atoms with Crippen LogP contribution in [0.2, 0.25) is 0 Å². The van der Waals surface area contributed by atoms with Crippen LogP contribution in [0.15, 0.2) is 30.5 Å². The summed E-state index contributed by atoms with van der Waals surface area (Å²) in [5.74, 6) is -0.650. The molecule has 0 radical (unpaired) electrons. The van der Waals surface area contributed by atoms with E-state index in [-0.39, 0.29) is 48.3 Å². The molecule has 3 fully saturated rings. The quantitative estimate of drug-likeness (QED) is 0.554. The molecule has 2 aliphatic heterocycles. The molecule has 9 nitrogen and oxygen atoms in total. The van der Waals surface area contributed by atoms with E-state index in [1.807, 2.05) is 4.68 Å². The number of halogens is 3. The Morgan fingerprint density at radius 2 is 1.67 bits per heavy atom. The Labute approximate surface area is 225 Å². The lowest BCUT2D eigenvalue weighted by Gasteiger charge is -2.33. The van der Waals surface area contributed by atoms with Gasteiger partial charge < -0.3 is 9.80 Å². The third-order valence-corrected chi connectivity index (χ3v) is 8.53. The van der Waals surface area contributed by atoms with Crippen LogP contribution in [-0.2, 0) is 21.0 Å². The predicted molar refractivity (Wildman–Crippen MR) is 137 cm³/mol. The minimum absolute atomic E-state index is 0.000874. The van der Waals surface area contributed by atoms with Crippen molar-refractivity contribution in [2.24, 2.45) is 0 Å². The highest BCUT2D eigenvalue weighted by atomic mass is 32.2. The van der Waals surface area contributed by atoms with Crippen LogP contribution in [0.1, 0.15) is 77.2 Å². The van der Waals surface area contributed by atoms with E-state index in [0.29, 0.717) is 44.5 Å². The molecule has 13 heteroatoms. The Hall–Kier alpha value is -2.93. The minimum atomic E-state index is -4.45. The highest BCUT2D eigenvalue weighted by Gasteiger charge is 2.40. The van der Waals surface area contributed by atoms with E-state index < -0.39 is 21.8 Å². The lowest BCUT2D eigenvalue weighted by Crippen LogP contribution is -2.44. The van der Waals surface area contributed by atoms with Gasteiger partial charge in [0, 0.05) is 38.0 Å². The number of likely N-dealkylation sites (tertiary alicyclic amines) is 2. The van der Waals surface area contributed by atoms with Gasteiger partial charge in [0.15, 0.2) is 0 Å². The van der Waals surface area contributed by atoms with E-state index in [1.54, 1.807) is 22.1 Å². The number of benzene rings is 1. The first-order chi connectivity index (χ1) is 18.4. The first kappa shape index (κ1) is 27.6. The number of alkyl halides is 3. The summed E-state index contributed by atoms with van der Waals surface area (Å²) in [5, 5.41) is 4.58. The number of carbonyl (C=O) groups is 2. The van der Waals surface area contributed by atoms with E-state index in [4.69, 9.17) is 0 Å². The van der Waals surface area contributed by atoms with E-state index in [1.165, 1.54) is 12.1 Å². The second-order valence-corrected chi connectivity index (χ2v) is 12.5. The molecule has 212 valence electrons. The Kier molecular flexibility index (Phi) is 7.49. The average Bonchev–Trinajstić information content (AvgIpc) is 3.44. The van der Waals surface area contributed by atoms with Gasteiger partial charge in [0.05, 0.1) is 41.9 Å². The third-order valence-electron chi connectivity index (χ3n) is 7.86. The standard InChI is InChI=1S/C26H32F3N5O4S/c1-39(37,38)31-15-23(35)32-12-9-19(10-13-32)34-24(17-6-7-17)21(14-30-34)25(36)33-11-8-18(16-33)20-4-2-3-5-22(20)26(27,28)29/h2-5,14,17-19,31H,6-13,15-16H2,1H3/t18-/m1/s1. The monoisotopic (exact) mass is 567 g/mol. The number of nitrogens with one attached hydrogen (secondary N) is 1. The number of hydrogen-bond acceptors (Lipinski definition) is 5. The van der Waals surface area contributed by atoms with Crippen LogP contribution in [-0.4, -0.2) is 78.8 Å². The number of rotatable bonds is 7. The molecule has 1 aromatic heterocycles. The largest absolute Gasteiger partial charge is 0.416 e. The van der Waals surface area contributed by atoms with E-state index >= 15 is 0 Å². The zero-order valence-electron chi connectivity index (χ0n) is 21.7. The van der Waals surface area contributed by atoms with Gasteiger partial charge in [-0.05, 0) is 43.7 Å². The first-order valence-corrected chi connectivity index (χ1v) is 15.1. The van der Waals surface area contributed by atoms with Crippen molar-refractivity contribution in [3.8, 4) is 0 Å². The van der Waals surface area contributed by atoms with Crippen molar-refractivity contribution in [3.63, 3.8) is 0 Å². The van der Waals surface area contributed by atoms with Crippen molar-refractivity contribution in [1.82, 2.24) is 24.3 Å². The lowest BCUT2D eigenvalue weighted by atomic mass is 9.93. The summed E-state index contributed by atoms with van der Waals surface area (Å²) in [7, 11) is -3.46. The van der Waals surface area contributed by atoms with Gasteiger partial charge in [-0.25, -0.2) is 13.1 Å². The third kappa shape index (κ3) is 6.13. The number of carbonyl (C=O) groups excluding carboxylic acids is 2. The number of sulfonamides is 1. The van der Waals surface area contributed by atoms with E-state index in [9.17, 15) is 31.2 Å². The summed E-state index contributed by atoms with van der Waals surface area (Å²) >= 11 is 0. The van der Waals surface area contributed by atoms with Crippen LogP contribution in [0.3, 0.4) is 0 Å². The number of piperidine rings is 1. The smallest absolute Gasteiger partial charge is 0.341 e. The van der Waals surface area contributed by atoms with E-state index in [0.717, 1.165) is 30.9 Å². The fourth-order valence-electron chi connectivity index (χ4n) is 5.74. The summed E-state index contributed by atoms with van der Waals surface area (Å²) in [6, 6.07) is 5.58. The van der Waals surface area contributed by atoms with Crippen molar-refractivity contribution < 1.29 is 31.2 Å². The Balaban J connectivity index is 1.27. The molecular formula is C26H32F3N5O4S. The molecule has 3 heterocycles. The summed E-state index contributed by atoms with van der Waals surface area (Å²) in [5.41, 5.74) is 0.972. The van der Waals surface area contributed by atoms with Crippen LogP contribution >= 0.6 is 0 Å². The molecule has 5 rings (SSSR count). The van der Waals surface area contributed by atoms with Gasteiger partial charge in [-0.1, -0.05) is 18.2 Å². The van der Waals surface area contributed by atoms with Gasteiger partial charge in [0.25, 0.3) is 5.91 Å². The second-order valence-electron chi connectivity index (χ2n) is 10.7. The molecule has 3 aliphatic rings. The highest BCUT2D eigenvalue weighted by Crippen LogP contribution is 2.44. The molecule has 1 aliphatic carbocycles. The molecule has 2 aromatic rings. The SMILES string of the molecule is CS(=O)(=O)NCC(=O)N1CCC(n2ncc(C(=O)N3CC[C@@H](c4ccccc4C(F)(F)F)C3)c2C2CC2)CC1. The molecule has 0 bridgehead atoms. The van der Waals surface area contributed by atoms with Crippen molar-refractivity contribution in [2.45, 2.75) is 56.2 Å². The molecule has 1 aromatic carbocycles. The molecule has 2 amide bonds. The van der Waals surface area contributed by atoms with Crippen molar-refractivity contribution in [1.29, 1.82) is 0 Å². The van der Waals surface area contributed by atoms with Crippen LogP contribution in [0.25, 0.3) is 0 Å². The van der Waals surface area contributed by atoms with Gasteiger partial charge in [-0.2, -0.15) is 18.3 Å². The molecule has 39 heavy (non-hydrogen) atoms. The number of hydrogen-bond donors (Lipinski definition) is 1. The maximum absolute atomic E-state index is 13.6. The second kappa shape index (κ2) is 10.6. The minimum Gasteiger partial charge on any atom is -0.341 e. The topological polar surface area (TPSA) is 105 Å². The fourth-order valence-corrected chi connectivity index (χ4v) is 6.12. The predicted octanol–water partition coefficient (Wildman–Crippen LogP) is 3.12. The molecule has 0 spiro atoms. The molecule has 0 unspecified atom stereocenters. The number of nitrogens with zero attached hydrogens (tertiary/aromatic N) is 4. The maximum atomic E-state index is 13.6. The van der Waals surface area contributed by atoms with Crippen molar-refractivity contribution in [3.05, 3.63) is 52.8 Å². The summed E-state index contributed by atoms with van der Waals surface area (Å²) in [4.78, 5) is 29.2. The van der Waals surface area contributed by atoms with Gasteiger partial charge in [0.1, 0.15) is 0 Å². The maximum Gasteiger partial charge on any atom is 0.416 e. The average molecular weight is 568 g/mol. The Bertz CT molecular complexity index is 1350. The van der Waals surface area contributed by atoms with Gasteiger partial charge in [0.2, 0.25) is 15.9 Å². The van der Waals surface area contributed by atoms with Crippen molar-refractivity contribution in [2.75, 3.05) is 39.0 Å². The Morgan fingerprint density at radius 1 is 1.00 bits per heavy atom. The fraction of sp³-hybridized carbons (Fsp3) is 0.577. The zero-order chi connectivity index (χ0) is 27.9. The summed E-state index contributed by atoms with van der Waals surface area (Å²) in [6.45, 7) is 1.24. The van der Waals surface area contributed by atoms with Crippen LogP contribution < -0.4 is 4.72 Å². The van der Waals surface area contributed by atoms with Crippen LogP contribution in [0.4, 0.5) is 13.2 Å². The van der Waals surface area contributed by atoms with Crippen LogP contribution in [0, 0.1) is 0 Å². The number of aromatic nitrogens is 2. The zero-order valence-corrected chi connectivity index (χ0v) is 22.5. The van der Waals surface area contributed by atoms with E-state index in [2.05, 4.69) is 9.82 Å². The molecular weight excluding hydrogens is 535 g/mol. The molecule has 1 atom stereocenters. The molecule has 2 saturated heterocycles. The van der Waals surface area contributed by atoms with Gasteiger partial charge in [-0.15, -0.1) is 0 Å². The van der Waals surface area contributed by atoms with Gasteiger partial charge in [-0.3, -0.25) is 14.3 Å². The number of amides is 2. The first-order valence-electron chi connectivity index (χ1n) is 13.2. The summed E-state index contributed by atoms with van der Waals surface area (Å²) < 4.78 is 67.4. The van der Waals surface area contributed by atoms with Crippen molar-refractivity contribution >= 4 is 21.8 Å². The highest BCUT2D eigenvalue weighted by molar-refractivity contribution is 7.88. The Morgan fingerprint density at radius 3 is 2.31 bits per heavy atom. The van der Waals surface area contributed by atoms with Crippen LogP contribution in [0.5, 0.6) is 0 Å². The normalized spacial score (nSPS) is 21.0. The lowest BCUT2D eigenvalue weighted by molar-refractivity contribution is -0.138. The summed E-state index contributed by atoms with van der Waals surface area (Å²) in [6.07, 6.45) is 1.75. The molecule has 1 N–H and O–H groups in total. The van der Waals surface area contributed by atoms with Gasteiger partial charge >= 0.3 is 6.18 Å². The molecule has 1 saturated carbocycles.